The maximum atomic E-state index is 13.2. The van der Waals surface area contributed by atoms with Gasteiger partial charge in [-0.15, -0.1) is 0 Å². The van der Waals surface area contributed by atoms with Crippen LogP contribution in [0.1, 0.15) is 17.4 Å². The summed E-state index contributed by atoms with van der Waals surface area (Å²) in [5, 5.41) is 0.733. The number of carbonyl (C=O) groups excluding carboxylic acids is 1. The molecule has 5 heteroatoms. The van der Waals surface area contributed by atoms with Crippen LogP contribution in [-0.4, -0.2) is 17.1 Å². The molecule has 0 saturated carbocycles. The van der Waals surface area contributed by atoms with Crippen molar-refractivity contribution < 1.29 is 13.9 Å². The molecule has 1 heterocycles. The van der Waals surface area contributed by atoms with E-state index in [0.717, 1.165) is 14.5 Å². The fraction of sp³-hybridized carbons (Fsp3) is 0.250. The summed E-state index contributed by atoms with van der Waals surface area (Å²) in [6.45, 7) is 2.08. The molecule has 0 aliphatic rings. The number of hydrogen-bond donors (Lipinski definition) is 0. The molecule has 90 valence electrons. The number of fused-ring (bicyclic) bond motifs is 1. The summed E-state index contributed by atoms with van der Waals surface area (Å²) >= 11 is 2.04. The van der Waals surface area contributed by atoms with Gasteiger partial charge in [0.05, 0.1) is 10.2 Å². The Morgan fingerprint density at radius 1 is 1.53 bits per heavy atom. The molecule has 0 spiro atoms. The average Bonchev–Trinajstić information content (AvgIpc) is 2.52. The highest BCUT2D eigenvalue weighted by Gasteiger charge is 2.20. The third-order valence-electron chi connectivity index (χ3n) is 2.57. The molecule has 0 aliphatic heterocycles. The smallest absolute Gasteiger partial charge is 0.356 e. The van der Waals surface area contributed by atoms with Crippen LogP contribution in [0.5, 0.6) is 0 Å². The van der Waals surface area contributed by atoms with Gasteiger partial charge in [0.1, 0.15) is 11.5 Å². The van der Waals surface area contributed by atoms with Gasteiger partial charge < -0.3 is 9.30 Å². The normalized spacial score (nSPS) is 10.8. The van der Waals surface area contributed by atoms with Gasteiger partial charge in [-0.1, -0.05) is 0 Å². The minimum atomic E-state index is -0.379. The largest absolute Gasteiger partial charge is 0.461 e. The van der Waals surface area contributed by atoms with Gasteiger partial charge in [0.25, 0.3) is 0 Å². The van der Waals surface area contributed by atoms with E-state index in [0.29, 0.717) is 12.3 Å². The Balaban J connectivity index is 2.68. The Kier molecular flexibility index (Phi) is 3.37. The standard InChI is InChI=1S/C12H11FINO2/c1-3-17-12(16)11-10(14)8-6-7(13)4-5-9(8)15(11)2/h4-6H,3H2,1-2H3. The molecular formula is C12H11FINO2. The molecule has 0 unspecified atom stereocenters. The quantitative estimate of drug-likeness (QED) is 0.618. The van der Waals surface area contributed by atoms with Gasteiger partial charge in [-0.05, 0) is 47.7 Å². The van der Waals surface area contributed by atoms with Crippen LogP contribution in [0, 0.1) is 9.39 Å². The summed E-state index contributed by atoms with van der Waals surface area (Å²) in [5.74, 6) is -0.688. The van der Waals surface area contributed by atoms with Crippen molar-refractivity contribution in [3.63, 3.8) is 0 Å². The van der Waals surface area contributed by atoms with E-state index >= 15 is 0 Å². The van der Waals surface area contributed by atoms with Gasteiger partial charge in [-0.3, -0.25) is 0 Å². The van der Waals surface area contributed by atoms with Crippen molar-refractivity contribution in [2.24, 2.45) is 7.05 Å². The first-order valence-corrected chi connectivity index (χ1v) is 6.24. The van der Waals surface area contributed by atoms with E-state index < -0.39 is 0 Å². The number of halogens is 2. The minimum Gasteiger partial charge on any atom is -0.461 e. The van der Waals surface area contributed by atoms with Crippen molar-refractivity contribution in [2.45, 2.75) is 6.92 Å². The second kappa shape index (κ2) is 4.64. The van der Waals surface area contributed by atoms with Crippen molar-refractivity contribution >= 4 is 39.5 Å². The molecule has 2 rings (SSSR count). The summed E-state index contributed by atoms with van der Waals surface area (Å²) in [6.07, 6.45) is 0. The fourth-order valence-electron chi connectivity index (χ4n) is 1.80. The Hall–Kier alpha value is -1.11. The van der Waals surface area contributed by atoms with E-state index in [1.54, 1.807) is 24.6 Å². The Labute approximate surface area is 112 Å². The zero-order valence-electron chi connectivity index (χ0n) is 9.46. The lowest BCUT2D eigenvalue weighted by molar-refractivity contribution is 0.0514. The van der Waals surface area contributed by atoms with Crippen LogP contribution < -0.4 is 0 Å². The van der Waals surface area contributed by atoms with Crippen molar-refractivity contribution in [1.82, 2.24) is 4.57 Å². The second-order valence-corrected chi connectivity index (χ2v) is 4.68. The molecule has 0 N–H and O–H groups in total. The van der Waals surface area contributed by atoms with E-state index in [-0.39, 0.29) is 11.8 Å². The lowest BCUT2D eigenvalue weighted by Crippen LogP contribution is -2.11. The zero-order chi connectivity index (χ0) is 12.6. The summed E-state index contributed by atoms with van der Waals surface area (Å²) < 4.78 is 20.6. The average molecular weight is 347 g/mol. The fourth-order valence-corrected chi connectivity index (χ4v) is 2.81. The SMILES string of the molecule is CCOC(=O)c1c(I)c2cc(F)ccc2n1C. The molecule has 0 fully saturated rings. The van der Waals surface area contributed by atoms with Gasteiger partial charge in [-0.2, -0.15) is 0 Å². The van der Waals surface area contributed by atoms with Crippen LogP contribution in [0.4, 0.5) is 4.39 Å². The number of rotatable bonds is 2. The predicted molar refractivity (Wildman–Crippen MR) is 71.6 cm³/mol. The van der Waals surface area contributed by atoms with E-state index in [1.165, 1.54) is 12.1 Å². The Morgan fingerprint density at radius 2 is 2.24 bits per heavy atom. The lowest BCUT2D eigenvalue weighted by Gasteiger charge is -2.04. The van der Waals surface area contributed by atoms with E-state index in [2.05, 4.69) is 0 Å². The topological polar surface area (TPSA) is 31.2 Å². The van der Waals surface area contributed by atoms with Gasteiger partial charge in [0, 0.05) is 18.0 Å². The molecule has 17 heavy (non-hydrogen) atoms. The lowest BCUT2D eigenvalue weighted by atomic mass is 10.2. The van der Waals surface area contributed by atoms with Crippen molar-refractivity contribution in [3.05, 3.63) is 33.3 Å². The van der Waals surface area contributed by atoms with Crippen molar-refractivity contribution in [1.29, 1.82) is 0 Å². The third kappa shape index (κ3) is 2.03. The van der Waals surface area contributed by atoms with Crippen molar-refractivity contribution in [2.75, 3.05) is 6.61 Å². The summed E-state index contributed by atoms with van der Waals surface area (Å²) in [7, 11) is 1.77. The maximum Gasteiger partial charge on any atom is 0.356 e. The molecule has 0 amide bonds. The monoisotopic (exact) mass is 347 g/mol. The summed E-state index contributed by atoms with van der Waals surface area (Å²) in [5.41, 5.74) is 1.28. The number of hydrogen-bond acceptors (Lipinski definition) is 2. The Morgan fingerprint density at radius 3 is 2.88 bits per heavy atom. The first-order chi connectivity index (χ1) is 8.06. The van der Waals surface area contributed by atoms with Crippen molar-refractivity contribution in [3.8, 4) is 0 Å². The van der Waals surface area contributed by atoms with Crippen LogP contribution in [0.15, 0.2) is 18.2 Å². The van der Waals surface area contributed by atoms with Crippen LogP contribution >= 0.6 is 22.6 Å². The number of esters is 1. The molecule has 0 saturated heterocycles. The maximum absolute atomic E-state index is 13.2. The number of aromatic nitrogens is 1. The van der Waals surface area contributed by atoms with Crippen LogP contribution in [0.25, 0.3) is 10.9 Å². The highest BCUT2D eigenvalue weighted by molar-refractivity contribution is 14.1. The molecule has 0 aliphatic carbocycles. The molecule has 0 bridgehead atoms. The molecule has 0 radical (unpaired) electrons. The Bertz CT molecular complexity index is 592. The van der Waals surface area contributed by atoms with Crippen LogP contribution in [0.3, 0.4) is 0 Å². The zero-order valence-corrected chi connectivity index (χ0v) is 11.6. The van der Waals surface area contributed by atoms with E-state index in [4.69, 9.17) is 4.74 Å². The summed E-state index contributed by atoms with van der Waals surface area (Å²) in [4.78, 5) is 11.8. The third-order valence-corrected chi connectivity index (χ3v) is 3.66. The predicted octanol–water partition coefficient (Wildman–Crippen LogP) is 3.10. The number of ether oxygens (including phenoxy) is 1. The van der Waals surface area contributed by atoms with E-state index in [9.17, 15) is 9.18 Å². The van der Waals surface area contributed by atoms with Crippen LogP contribution in [-0.2, 0) is 11.8 Å². The minimum absolute atomic E-state index is 0.309. The van der Waals surface area contributed by atoms with Gasteiger partial charge in [0.15, 0.2) is 0 Å². The van der Waals surface area contributed by atoms with Gasteiger partial charge in [-0.25, -0.2) is 9.18 Å². The number of carbonyl (C=O) groups is 1. The highest BCUT2D eigenvalue weighted by atomic mass is 127. The number of benzene rings is 1. The van der Waals surface area contributed by atoms with Crippen LogP contribution in [0.2, 0.25) is 0 Å². The molecular weight excluding hydrogens is 336 g/mol. The van der Waals surface area contributed by atoms with Gasteiger partial charge in [0.2, 0.25) is 0 Å². The molecule has 3 nitrogen and oxygen atoms in total. The molecule has 2 aromatic rings. The number of nitrogens with zero attached hydrogens (tertiary/aromatic N) is 1. The van der Waals surface area contributed by atoms with Gasteiger partial charge >= 0.3 is 5.97 Å². The molecule has 0 atom stereocenters. The second-order valence-electron chi connectivity index (χ2n) is 3.60. The summed E-state index contributed by atoms with van der Waals surface area (Å²) in [6, 6.07) is 4.47. The van der Waals surface area contributed by atoms with E-state index in [1.807, 2.05) is 22.6 Å². The molecule has 1 aromatic carbocycles. The first-order valence-electron chi connectivity index (χ1n) is 5.16. The number of aryl methyl sites for hydroxylation is 1. The first kappa shape index (κ1) is 12.3. The molecule has 1 aromatic heterocycles. The highest BCUT2D eigenvalue weighted by Crippen LogP contribution is 2.28.